The maximum atomic E-state index is 8.97. The van der Waals surface area contributed by atoms with Crippen LogP contribution in [0.4, 0.5) is 0 Å². The molecule has 0 bridgehead atoms. The number of aliphatic hydroxyl groups excluding tert-OH is 1. The zero-order valence-corrected chi connectivity index (χ0v) is 11.1. The molecule has 0 aromatic rings. The molecule has 0 aromatic carbocycles. The lowest BCUT2D eigenvalue weighted by Gasteiger charge is -2.02. The first-order chi connectivity index (χ1) is 6.77. The molecule has 1 atom stereocenters. The van der Waals surface area contributed by atoms with Crippen LogP contribution in [-0.4, -0.2) is 10.1 Å². The molecule has 0 fully saturated rings. The van der Waals surface area contributed by atoms with E-state index in [1.165, 1.54) is 51.4 Å². The summed E-state index contributed by atoms with van der Waals surface area (Å²) < 4.78 is 0. The summed E-state index contributed by atoms with van der Waals surface area (Å²) in [4.78, 5) is 0. The minimum atomic E-state index is -0.285. The molecule has 0 saturated carbocycles. The number of hydrogen-bond acceptors (Lipinski definition) is 1. The van der Waals surface area contributed by atoms with Crippen LogP contribution in [0.1, 0.15) is 71.1 Å². The van der Waals surface area contributed by atoms with Crippen molar-refractivity contribution in [3.8, 4) is 0 Å². The third kappa shape index (κ3) is 12.4. The quantitative estimate of drug-likeness (QED) is 0.451. The maximum absolute atomic E-state index is 8.97. The highest BCUT2D eigenvalue weighted by molar-refractivity contribution is 9.09. The van der Waals surface area contributed by atoms with Gasteiger partial charge in [0.2, 0.25) is 0 Å². The molecule has 1 nitrogen and oxygen atoms in total. The van der Waals surface area contributed by atoms with Gasteiger partial charge in [-0.3, -0.25) is 0 Å². The predicted molar refractivity (Wildman–Crippen MR) is 66.8 cm³/mol. The summed E-state index contributed by atoms with van der Waals surface area (Å²) >= 11 is 3.14. The van der Waals surface area contributed by atoms with Gasteiger partial charge in [0.1, 0.15) is 5.01 Å². The van der Waals surface area contributed by atoms with Crippen LogP contribution in [0, 0.1) is 0 Å². The molecule has 0 spiro atoms. The third-order valence-corrected chi connectivity index (χ3v) is 3.00. The Morgan fingerprint density at radius 2 is 1.29 bits per heavy atom. The molecular weight excluding hydrogens is 240 g/mol. The first kappa shape index (κ1) is 14.4. The molecule has 0 aliphatic carbocycles. The Labute approximate surface area is 97.4 Å². The standard InChI is InChI=1S/C12H25BrO/c1-2-3-4-5-6-7-8-9-10-11-12(13)14/h12,14H,2-11H2,1H3. The summed E-state index contributed by atoms with van der Waals surface area (Å²) in [6, 6.07) is 0. The van der Waals surface area contributed by atoms with E-state index in [1.807, 2.05) is 0 Å². The van der Waals surface area contributed by atoms with Crippen molar-refractivity contribution in [2.75, 3.05) is 0 Å². The molecule has 1 N–H and O–H groups in total. The van der Waals surface area contributed by atoms with E-state index in [1.54, 1.807) is 0 Å². The second kappa shape index (κ2) is 11.5. The third-order valence-electron chi connectivity index (χ3n) is 2.55. The van der Waals surface area contributed by atoms with E-state index in [2.05, 4.69) is 22.9 Å². The summed E-state index contributed by atoms with van der Waals surface area (Å²) in [5, 5.41) is 8.68. The Morgan fingerprint density at radius 1 is 0.857 bits per heavy atom. The highest BCUT2D eigenvalue weighted by Crippen LogP contribution is 2.12. The van der Waals surface area contributed by atoms with E-state index in [0.29, 0.717) is 0 Å². The predicted octanol–water partition coefficient (Wildman–Crippen LogP) is 4.62. The van der Waals surface area contributed by atoms with Gasteiger partial charge in [-0.2, -0.15) is 0 Å². The van der Waals surface area contributed by atoms with Gasteiger partial charge in [-0.05, 0) is 12.8 Å². The Kier molecular flexibility index (Phi) is 11.9. The number of hydrogen-bond donors (Lipinski definition) is 1. The molecule has 0 rings (SSSR count). The van der Waals surface area contributed by atoms with Gasteiger partial charge in [-0.1, -0.05) is 74.2 Å². The molecule has 0 saturated heterocycles. The molecule has 2 heteroatoms. The van der Waals surface area contributed by atoms with E-state index in [-0.39, 0.29) is 5.01 Å². The first-order valence-corrected chi connectivity index (χ1v) is 7.01. The highest BCUT2D eigenvalue weighted by Gasteiger charge is 1.96. The SMILES string of the molecule is CCCCCCCCCCCC(O)Br. The van der Waals surface area contributed by atoms with Gasteiger partial charge in [0.15, 0.2) is 0 Å². The molecule has 0 aliphatic heterocycles. The number of alkyl halides is 1. The van der Waals surface area contributed by atoms with Crippen LogP contribution in [0.15, 0.2) is 0 Å². The maximum Gasteiger partial charge on any atom is 0.109 e. The van der Waals surface area contributed by atoms with Crippen LogP contribution in [0.25, 0.3) is 0 Å². The normalized spacial score (nSPS) is 13.1. The number of unbranched alkanes of at least 4 members (excludes halogenated alkanes) is 8. The van der Waals surface area contributed by atoms with Crippen LogP contribution in [-0.2, 0) is 0 Å². The van der Waals surface area contributed by atoms with Crippen molar-refractivity contribution in [1.29, 1.82) is 0 Å². The van der Waals surface area contributed by atoms with Gasteiger partial charge in [0.05, 0.1) is 0 Å². The second-order valence-corrected chi connectivity index (χ2v) is 5.11. The Morgan fingerprint density at radius 3 is 1.71 bits per heavy atom. The number of rotatable bonds is 10. The van der Waals surface area contributed by atoms with Gasteiger partial charge < -0.3 is 5.11 Å². The zero-order chi connectivity index (χ0) is 10.6. The van der Waals surface area contributed by atoms with Crippen molar-refractivity contribution in [2.24, 2.45) is 0 Å². The lowest BCUT2D eigenvalue weighted by atomic mass is 10.1. The Bertz CT molecular complexity index is 104. The monoisotopic (exact) mass is 264 g/mol. The minimum Gasteiger partial charge on any atom is -0.382 e. The molecule has 86 valence electrons. The second-order valence-electron chi connectivity index (χ2n) is 4.05. The summed E-state index contributed by atoms with van der Waals surface area (Å²) in [5.74, 6) is 0. The van der Waals surface area contributed by atoms with E-state index >= 15 is 0 Å². The molecule has 1 unspecified atom stereocenters. The molecule has 0 amide bonds. The average molecular weight is 265 g/mol. The van der Waals surface area contributed by atoms with E-state index in [4.69, 9.17) is 5.11 Å². The molecule has 0 radical (unpaired) electrons. The van der Waals surface area contributed by atoms with Crippen molar-refractivity contribution in [1.82, 2.24) is 0 Å². The highest BCUT2D eigenvalue weighted by atomic mass is 79.9. The van der Waals surface area contributed by atoms with Gasteiger partial charge in [-0.15, -0.1) is 0 Å². The zero-order valence-electron chi connectivity index (χ0n) is 9.47. The molecule has 14 heavy (non-hydrogen) atoms. The first-order valence-electron chi connectivity index (χ1n) is 6.09. The van der Waals surface area contributed by atoms with Crippen LogP contribution >= 0.6 is 15.9 Å². The Balaban J connectivity index is 2.85. The van der Waals surface area contributed by atoms with Crippen molar-refractivity contribution in [3.05, 3.63) is 0 Å². The lowest BCUT2D eigenvalue weighted by molar-refractivity contribution is 0.254. The minimum absolute atomic E-state index is 0.285. The van der Waals surface area contributed by atoms with Gasteiger partial charge in [0.25, 0.3) is 0 Å². The van der Waals surface area contributed by atoms with E-state index < -0.39 is 0 Å². The van der Waals surface area contributed by atoms with Crippen LogP contribution in [0.3, 0.4) is 0 Å². The van der Waals surface area contributed by atoms with Gasteiger partial charge in [-0.25, -0.2) is 0 Å². The van der Waals surface area contributed by atoms with Crippen molar-refractivity contribution in [2.45, 2.75) is 76.1 Å². The fourth-order valence-corrected chi connectivity index (χ4v) is 1.95. The lowest BCUT2D eigenvalue weighted by Crippen LogP contribution is -1.93. The number of aliphatic hydroxyl groups is 1. The summed E-state index contributed by atoms with van der Waals surface area (Å²) in [6.45, 7) is 2.26. The van der Waals surface area contributed by atoms with E-state index in [9.17, 15) is 0 Å². The molecule has 0 heterocycles. The van der Waals surface area contributed by atoms with Gasteiger partial charge >= 0.3 is 0 Å². The van der Waals surface area contributed by atoms with Gasteiger partial charge in [0, 0.05) is 0 Å². The summed E-state index contributed by atoms with van der Waals surface area (Å²) in [7, 11) is 0. The summed E-state index contributed by atoms with van der Waals surface area (Å²) in [5.41, 5.74) is 0. The fourth-order valence-electron chi connectivity index (χ4n) is 1.62. The van der Waals surface area contributed by atoms with Crippen LogP contribution < -0.4 is 0 Å². The van der Waals surface area contributed by atoms with E-state index in [0.717, 1.165) is 12.8 Å². The van der Waals surface area contributed by atoms with Crippen molar-refractivity contribution >= 4 is 15.9 Å². The van der Waals surface area contributed by atoms with Crippen molar-refractivity contribution in [3.63, 3.8) is 0 Å². The molecule has 0 aliphatic rings. The van der Waals surface area contributed by atoms with Crippen molar-refractivity contribution < 1.29 is 5.11 Å². The molecule has 0 aromatic heterocycles. The fraction of sp³-hybridized carbons (Fsp3) is 1.00. The molecular formula is C12H25BrO. The average Bonchev–Trinajstić information content (AvgIpc) is 2.15. The smallest absolute Gasteiger partial charge is 0.109 e. The topological polar surface area (TPSA) is 20.2 Å². The Hall–Kier alpha value is 0.440. The van der Waals surface area contributed by atoms with Crippen LogP contribution in [0.5, 0.6) is 0 Å². The largest absolute Gasteiger partial charge is 0.382 e. The number of halogens is 1. The summed E-state index contributed by atoms with van der Waals surface area (Å²) in [6.07, 6.45) is 13.0. The van der Waals surface area contributed by atoms with Crippen LogP contribution in [0.2, 0.25) is 0 Å².